The van der Waals surface area contributed by atoms with Crippen LogP contribution in [0.4, 0.5) is 42.3 Å². The molecule has 7 nitrogen and oxygen atoms in total. The summed E-state index contributed by atoms with van der Waals surface area (Å²) in [6.45, 7) is 5.75. The van der Waals surface area contributed by atoms with Gasteiger partial charge in [0.05, 0.1) is 5.56 Å². The average molecular weight is 514 g/mol. The molecule has 0 spiro atoms. The molecule has 198 valence electrons. The summed E-state index contributed by atoms with van der Waals surface area (Å²) in [5.74, 6) is 2.15. The molecule has 0 radical (unpaired) electrons. The first kappa shape index (κ1) is 26.5. The number of piperidine rings is 1. The largest absolute Gasteiger partial charge is 0.419 e. The molecule has 2 saturated heterocycles. The van der Waals surface area contributed by atoms with Gasteiger partial charge in [0.1, 0.15) is 17.5 Å². The molecule has 1 aromatic carbocycles. The van der Waals surface area contributed by atoms with Crippen molar-refractivity contribution in [2.45, 2.75) is 39.8 Å². The van der Waals surface area contributed by atoms with E-state index >= 15 is 0 Å². The van der Waals surface area contributed by atoms with Crippen LogP contribution in [-0.2, 0) is 6.18 Å². The number of hydrogen-bond donors (Lipinski definition) is 1. The van der Waals surface area contributed by atoms with Crippen molar-refractivity contribution in [2.24, 2.45) is 0 Å². The number of halogens is 3. The molecule has 10 heteroatoms. The van der Waals surface area contributed by atoms with Crippen LogP contribution in [0, 0.1) is 6.92 Å². The number of nitrogens with zero attached hydrogens (tertiary/aromatic N) is 6. The molecule has 2 aliphatic heterocycles. The Balaban J connectivity index is 0.00000320. The summed E-state index contributed by atoms with van der Waals surface area (Å²) < 4.78 is 40.5. The molecule has 0 atom stereocenters. The van der Waals surface area contributed by atoms with Crippen molar-refractivity contribution < 1.29 is 13.2 Å². The molecular weight excluding hydrogens is 479 g/mol. The van der Waals surface area contributed by atoms with E-state index in [-0.39, 0.29) is 13.2 Å². The summed E-state index contributed by atoms with van der Waals surface area (Å²) in [6, 6.07) is 12.5. The number of alkyl halides is 3. The number of benzene rings is 1. The number of aromatic nitrogens is 3. The zero-order chi connectivity index (χ0) is 25.1. The van der Waals surface area contributed by atoms with E-state index in [0.29, 0.717) is 37.9 Å². The summed E-state index contributed by atoms with van der Waals surface area (Å²) in [4.78, 5) is 19.7. The number of hydrogen-bond acceptors (Lipinski definition) is 7. The van der Waals surface area contributed by atoms with E-state index in [1.807, 2.05) is 42.2 Å². The minimum atomic E-state index is -4.44. The van der Waals surface area contributed by atoms with Gasteiger partial charge in [-0.25, -0.2) is 4.98 Å². The molecular formula is C27H34F3N7. The van der Waals surface area contributed by atoms with Crippen molar-refractivity contribution in [1.82, 2.24) is 15.0 Å². The van der Waals surface area contributed by atoms with Crippen LogP contribution >= 0.6 is 0 Å². The normalized spacial score (nSPS) is 16.4. The first-order valence-electron chi connectivity index (χ1n) is 12.4. The molecule has 5 rings (SSSR count). The first-order chi connectivity index (χ1) is 17.4. The van der Waals surface area contributed by atoms with E-state index < -0.39 is 11.7 Å². The Labute approximate surface area is 216 Å². The molecule has 1 N–H and O–H groups in total. The van der Waals surface area contributed by atoms with Gasteiger partial charge in [-0.05, 0) is 50.5 Å². The lowest BCUT2D eigenvalue weighted by Gasteiger charge is -2.37. The zero-order valence-electron chi connectivity index (χ0n) is 20.3. The van der Waals surface area contributed by atoms with E-state index in [2.05, 4.69) is 15.2 Å². The van der Waals surface area contributed by atoms with E-state index in [1.54, 1.807) is 4.90 Å². The summed E-state index contributed by atoms with van der Waals surface area (Å²) >= 11 is 0. The smallest absolute Gasteiger partial charge is 0.356 e. The van der Waals surface area contributed by atoms with Crippen molar-refractivity contribution in [3.63, 3.8) is 0 Å². The van der Waals surface area contributed by atoms with Crippen molar-refractivity contribution in [3.05, 3.63) is 59.8 Å². The summed E-state index contributed by atoms with van der Waals surface area (Å²) in [7, 11) is 0. The van der Waals surface area contributed by atoms with Gasteiger partial charge < -0.3 is 20.0 Å². The van der Waals surface area contributed by atoms with E-state index in [9.17, 15) is 13.2 Å². The number of anilines is 5. The van der Waals surface area contributed by atoms with Crippen LogP contribution in [0.25, 0.3) is 0 Å². The number of rotatable bonds is 5. The highest BCUT2D eigenvalue weighted by molar-refractivity contribution is 5.62. The molecule has 2 fully saturated rings. The highest BCUT2D eigenvalue weighted by Gasteiger charge is 2.36. The van der Waals surface area contributed by atoms with Crippen LogP contribution in [-0.4, -0.2) is 54.2 Å². The van der Waals surface area contributed by atoms with Gasteiger partial charge in [0.25, 0.3) is 0 Å². The van der Waals surface area contributed by atoms with Crippen molar-refractivity contribution in [1.29, 1.82) is 0 Å². The Hall–Kier alpha value is -3.56. The zero-order valence-corrected chi connectivity index (χ0v) is 20.3. The lowest BCUT2D eigenvalue weighted by atomic mass is 10.1. The fourth-order valence-electron chi connectivity index (χ4n) is 4.69. The minimum absolute atomic E-state index is 0. The Morgan fingerprint density at radius 2 is 1.49 bits per heavy atom. The third-order valence-electron chi connectivity index (χ3n) is 6.66. The quantitative estimate of drug-likeness (QED) is 0.456. The predicted molar refractivity (Wildman–Crippen MR) is 143 cm³/mol. The molecule has 3 aromatic rings. The van der Waals surface area contributed by atoms with Gasteiger partial charge in [0, 0.05) is 57.2 Å². The number of pyridine rings is 1. The second-order valence-electron chi connectivity index (χ2n) is 9.30. The lowest BCUT2D eigenvalue weighted by molar-refractivity contribution is -0.137. The molecule has 0 aliphatic carbocycles. The number of piperazine rings is 1. The summed E-state index contributed by atoms with van der Waals surface area (Å²) in [5, 5.41) is 3.40. The second kappa shape index (κ2) is 11.2. The first-order valence-corrected chi connectivity index (χ1v) is 12.4. The van der Waals surface area contributed by atoms with Gasteiger partial charge in [-0.2, -0.15) is 23.1 Å². The van der Waals surface area contributed by atoms with E-state index in [4.69, 9.17) is 9.97 Å². The topological polar surface area (TPSA) is 60.4 Å². The van der Waals surface area contributed by atoms with Crippen LogP contribution < -0.4 is 20.0 Å². The minimum Gasteiger partial charge on any atom is -0.356 e. The molecule has 2 aliphatic rings. The summed E-state index contributed by atoms with van der Waals surface area (Å²) in [6.07, 6.45) is 0.446. The average Bonchev–Trinajstić information content (AvgIpc) is 2.90. The number of aryl methyl sites for hydroxylation is 1. The Morgan fingerprint density at radius 1 is 0.811 bits per heavy atom. The molecule has 37 heavy (non-hydrogen) atoms. The Bertz CT molecular complexity index is 1170. The van der Waals surface area contributed by atoms with Crippen molar-refractivity contribution in [2.75, 3.05) is 59.3 Å². The van der Waals surface area contributed by atoms with Crippen LogP contribution in [0.5, 0.6) is 0 Å². The third-order valence-corrected chi connectivity index (χ3v) is 6.66. The van der Waals surface area contributed by atoms with Crippen LogP contribution in [0.1, 0.15) is 37.8 Å². The maximum absolute atomic E-state index is 13.5. The number of nitrogens with one attached hydrogen (secondary N) is 1. The predicted octanol–water partition coefficient (Wildman–Crippen LogP) is 5.90. The van der Waals surface area contributed by atoms with Crippen LogP contribution in [0.2, 0.25) is 0 Å². The molecule has 0 bridgehead atoms. The molecule has 0 amide bonds. The van der Waals surface area contributed by atoms with E-state index in [0.717, 1.165) is 43.5 Å². The van der Waals surface area contributed by atoms with Gasteiger partial charge in [-0.3, -0.25) is 0 Å². The maximum Gasteiger partial charge on any atom is 0.419 e. The Kier molecular flexibility index (Phi) is 8.04. The maximum atomic E-state index is 13.5. The monoisotopic (exact) mass is 513 g/mol. The van der Waals surface area contributed by atoms with Crippen LogP contribution in [0.15, 0.2) is 48.7 Å². The molecule has 0 unspecified atom stereocenters. The highest BCUT2D eigenvalue weighted by Crippen LogP contribution is 2.35. The molecule has 0 saturated carbocycles. The second-order valence-corrected chi connectivity index (χ2v) is 9.30. The molecule has 2 aromatic heterocycles. The van der Waals surface area contributed by atoms with Crippen molar-refractivity contribution in [3.8, 4) is 0 Å². The lowest BCUT2D eigenvalue weighted by Crippen LogP contribution is -2.48. The SMILES string of the molecule is C.Cc1ccc(Nc2cc(N3CCCCC3)nc(N3CCN(c4ncccc4C(F)(F)F)CC3)n2)cc1. The van der Waals surface area contributed by atoms with Gasteiger partial charge in [-0.15, -0.1) is 0 Å². The Morgan fingerprint density at radius 3 is 2.16 bits per heavy atom. The summed E-state index contributed by atoms with van der Waals surface area (Å²) in [5.41, 5.74) is 1.42. The fourth-order valence-corrected chi connectivity index (χ4v) is 4.69. The standard InChI is InChI=1S/C26H30F3N7.CH4/c1-19-7-9-20(10-8-19)31-22-18-23(34-12-3-2-4-13-34)33-25(32-22)36-16-14-35(15-17-36)24-21(26(27,28)29)6-5-11-30-24;/h5-11,18H,2-4,12-17H2,1H3,(H,31,32,33);1H4. The highest BCUT2D eigenvalue weighted by atomic mass is 19.4. The fraction of sp³-hybridized carbons (Fsp3) is 0.444. The van der Waals surface area contributed by atoms with Crippen LogP contribution in [0.3, 0.4) is 0 Å². The van der Waals surface area contributed by atoms with Gasteiger partial charge in [-0.1, -0.05) is 25.1 Å². The van der Waals surface area contributed by atoms with Crippen molar-refractivity contribution >= 4 is 29.1 Å². The van der Waals surface area contributed by atoms with Gasteiger partial charge in [0.2, 0.25) is 5.95 Å². The van der Waals surface area contributed by atoms with Gasteiger partial charge >= 0.3 is 6.18 Å². The van der Waals surface area contributed by atoms with E-state index in [1.165, 1.54) is 24.2 Å². The van der Waals surface area contributed by atoms with Gasteiger partial charge in [0.15, 0.2) is 0 Å². The third kappa shape index (κ3) is 6.23. The molecule has 4 heterocycles.